The standard InChI is InChI=1S/C10H17BrN2O2/c1-7(2-4-14)13-9(6-12)10-8(11)3-5-15-10/h3,5,7,9,13-14H,2,4,6,12H2,1H3. The zero-order valence-corrected chi connectivity index (χ0v) is 10.3. The summed E-state index contributed by atoms with van der Waals surface area (Å²) in [7, 11) is 0. The van der Waals surface area contributed by atoms with Gasteiger partial charge in [0.1, 0.15) is 5.76 Å². The molecule has 0 aliphatic rings. The topological polar surface area (TPSA) is 71.4 Å². The molecule has 0 amide bonds. The fourth-order valence-corrected chi connectivity index (χ4v) is 1.90. The van der Waals surface area contributed by atoms with Gasteiger partial charge in [-0.3, -0.25) is 0 Å². The normalized spacial score (nSPS) is 15.2. The lowest BCUT2D eigenvalue weighted by atomic mass is 10.1. The quantitative estimate of drug-likeness (QED) is 0.735. The van der Waals surface area contributed by atoms with Gasteiger partial charge in [-0.1, -0.05) is 0 Å². The predicted octanol–water partition coefficient (Wildman–Crippen LogP) is 1.40. The van der Waals surface area contributed by atoms with E-state index in [1.54, 1.807) is 6.26 Å². The Morgan fingerprint density at radius 1 is 1.67 bits per heavy atom. The van der Waals surface area contributed by atoms with E-state index < -0.39 is 0 Å². The summed E-state index contributed by atoms with van der Waals surface area (Å²) in [5.41, 5.74) is 5.67. The van der Waals surface area contributed by atoms with Crippen LogP contribution in [-0.4, -0.2) is 24.3 Å². The van der Waals surface area contributed by atoms with Gasteiger partial charge in [0.15, 0.2) is 0 Å². The van der Waals surface area contributed by atoms with Gasteiger partial charge in [-0.15, -0.1) is 0 Å². The molecule has 0 spiro atoms. The van der Waals surface area contributed by atoms with Gasteiger partial charge in [0.2, 0.25) is 0 Å². The van der Waals surface area contributed by atoms with Crippen molar-refractivity contribution in [2.45, 2.75) is 25.4 Å². The highest BCUT2D eigenvalue weighted by atomic mass is 79.9. The molecule has 4 nitrogen and oxygen atoms in total. The molecular formula is C10H17BrN2O2. The van der Waals surface area contributed by atoms with E-state index in [0.717, 1.165) is 10.2 Å². The third-order valence-corrected chi connectivity index (χ3v) is 2.90. The van der Waals surface area contributed by atoms with Crippen molar-refractivity contribution in [1.29, 1.82) is 0 Å². The van der Waals surface area contributed by atoms with Crippen LogP contribution in [0.25, 0.3) is 0 Å². The second kappa shape index (κ2) is 6.27. The van der Waals surface area contributed by atoms with E-state index in [1.807, 2.05) is 13.0 Å². The Morgan fingerprint density at radius 2 is 2.40 bits per heavy atom. The van der Waals surface area contributed by atoms with Crippen molar-refractivity contribution in [2.75, 3.05) is 13.2 Å². The number of hydrogen-bond acceptors (Lipinski definition) is 4. The van der Waals surface area contributed by atoms with Gasteiger partial charge < -0.3 is 20.6 Å². The molecule has 4 N–H and O–H groups in total. The van der Waals surface area contributed by atoms with Crippen LogP contribution in [0.3, 0.4) is 0 Å². The second-order valence-electron chi connectivity index (χ2n) is 3.50. The third kappa shape index (κ3) is 3.61. The number of nitrogens with one attached hydrogen (secondary N) is 1. The molecule has 0 aromatic carbocycles. The van der Waals surface area contributed by atoms with E-state index in [2.05, 4.69) is 21.2 Å². The lowest BCUT2D eigenvalue weighted by Gasteiger charge is -2.20. The first kappa shape index (κ1) is 12.7. The maximum atomic E-state index is 8.80. The zero-order valence-electron chi connectivity index (χ0n) is 8.74. The largest absolute Gasteiger partial charge is 0.466 e. The van der Waals surface area contributed by atoms with E-state index in [-0.39, 0.29) is 18.7 Å². The number of aliphatic hydroxyl groups is 1. The highest BCUT2D eigenvalue weighted by molar-refractivity contribution is 9.10. The van der Waals surface area contributed by atoms with Crippen molar-refractivity contribution in [1.82, 2.24) is 5.32 Å². The third-order valence-electron chi connectivity index (χ3n) is 2.24. The van der Waals surface area contributed by atoms with Crippen LogP contribution in [0.15, 0.2) is 21.2 Å². The molecule has 86 valence electrons. The summed E-state index contributed by atoms with van der Waals surface area (Å²) in [6.07, 6.45) is 2.33. The lowest BCUT2D eigenvalue weighted by molar-refractivity contribution is 0.259. The molecule has 1 heterocycles. The molecule has 2 atom stereocenters. The zero-order chi connectivity index (χ0) is 11.3. The Bertz CT molecular complexity index is 291. The molecule has 15 heavy (non-hydrogen) atoms. The highest BCUT2D eigenvalue weighted by Crippen LogP contribution is 2.24. The summed E-state index contributed by atoms with van der Waals surface area (Å²) >= 11 is 3.40. The van der Waals surface area contributed by atoms with Crippen molar-refractivity contribution in [3.63, 3.8) is 0 Å². The van der Waals surface area contributed by atoms with Crippen molar-refractivity contribution < 1.29 is 9.52 Å². The van der Waals surface area contributed by atoms with Crippen LogP contribution in [0.1, 0.15) is 25.1 Å². The fourth-order valence-electron chi connectivity index (χ4n) is 1.43. The average molecular weight is 277 g/mol. The molecule has 1 rings (SSSR count). The van der Waals surface area contributed by atoms with Gasteiger partial charge in [-0.2, -0.15) is 0 Å². The molecule has 5 heteroatoms. The molecule has 2 unspecified atom stereocenters. The van der Waals surface area contributed by atoms with Crippen LogP contribution in [0.2, 0.25) is 0 Å². The first-order valence-electron chi connectivity index (χ1n) is 4.99. The van der Waals surface area contributed by atoms with Crippen LogP contribution in [0, 0.1) is 0 Å². The lowest BCUT2D eigenvalue weighted by Crippen LogP contribution is -2.35. The summed E-state index contributed by atoms with van der Waals surface area (Å²) in [6, 6.07) is 2.03. The summed E-state index contributed by atoms with van der Waals surface area (Å²) in [4.78, 5) is 0. The van der Waals surface area contributed by atoms with Crippen LogP contribution in [0.4, 0.5) is 0 Å². The van der Waals surface area contributed by atoms with Crippen molar-refractivity contribution in [2.24, 2.45) is 5.73 Å². The van der Waals surface area contributed by atoms with E-state index in [9.17, 15) is 0 Å². The average Bonchev–Trinajstić information content (AvgIpc) is 2.61. The maximum Gasteiger partial charge on any atom is 0.136 e. The Morgan fingerprint density at radius 3 is 2.87 bits per heavy atom. The molecule has 0 bridgehead atoms. The number of halogens is 1. The molecule has 0 radical (unpaired) electrons. The number of hydrogen-bond donors (Lipinski definition) is 3. The maximum absolute atomic E-state index is 8.80. The SMILES string of the molecule is CC(CCO)NC(CN)c1occc1Br. The summed E-state index contributed by atoms with van der Waals surface area (Å²) in [5.74, 6) is 0.808. The predicted molar refractivity (Wildman–Crippen MR) is 62.5 cm³/mol. The number of rotatable bonds is 6. The van der Waals surface area contributed by atoms with E-state index in [4.69, 9.17) is 15.3 Å². The first-order chi connectivity index (χ1) is 7.19. The van der Waals surface area contributed by atoms with Gasteiger partial charge in [0.25, 0.3) is 0 Å². The number of aliphatic hydroxyl groups excluding tert-OH is 1. The molecular weight excluding hydrogens is 260 g/mol. The van der Waals surface area contributed by atoms with Crippen LogP contribution in [-0.2, 0) is 0 Å². The first-order valence-corrected chi connectivity index (χ1v) is 5.78. The second-order valence-corrected chi connectivity index (χ2v) is 4.36. The number of furan rings is 1. The minimum absolute atomic E-state index is 0.0177. The summed E-state index contributed by atoms with van der Waals surface area (Å²) in [6.45, 7) is 2.64. The summed E-state index contributed by atoms with van der Waals surface area (Å²) < 4.78 is 6.26. The smallest absolute Gasteiger partial charge is 0.136 e. The monoisotopic (exact) mass is 276 g/mol. The Labute approximate surface area is 98.0 Å². The Hall–Kier alpha value is -0.360. The van der Waals surface area contributed by atoms with Crippen LogP contribution >= 0.6 is 15.9 Å². The Kier molecular flexibility index (Phi) is 5.31. The molecule has 0 aliphatic heterocycles. The van der Waals surface area contributed by atoms with Crippen molar-refractivity contribution in [3.8, 4) is 0 Å². The highest BCUT2D eigenvalue weighted by Gasteiger charge is 2.17. The van der Waals surface area contributed by atoms with Crippen LogP contribution in [0.5, 0.6) is 0 Å². The molecule has 0 aliphatic carbocycles. The minimum atomic E-state index is -0.0177. The van der Waals surface area contributed by atoms with Crippen molar-refractivity contribution in [3.05, 3.63) is 22.6 Å². The number of nitrogens with two attached hydrogens (primary N) is 1. The fraction of sp³-hybridized carbons (Fsp3) is 0.600. The van der Waals surface area contributed by atoms with Crippen molar-refractivity contribution >= 4 is 15.9 Å². The van der Waals surface area contributed by atoms with E-state index in [0.29, 0.717) is 13.0 Å². The summed E-state index contributed by atoms with van der Waals surface area (Å²) in [5, 5.41) is 12.1. The molecule has 0 fully saturated rings. The van der Waals surface area contributed by atoms with Crippen LogP contribution < -0.4 is 11.1 Å². The van der Waals surface area contributed by atoms with E-state index in [1.165, 1.54) is 0 Å². The van der Waals surface area contributed by atoms with Gasteiger partial charge in [0, 0.05) is 19.2 Å². The van der Waals surface area contributed by atoms with Gasteiger partial charge in [-0.25, -0.2) is 0 Å². The molecule has 1 aromatic heterocycles. The Balaban J connectivity index is 2.60. The van der Waals surface area contributed by atoms with Gasteiger partial charge in [-0.05, 0) is 35.3 Å². The molecule has 0 saturated carbocycles. The van der Waals surface area contributed by atoms with Gasteiger partial charge in [0.05, 0.1) is 16.8 Å². The van der Waals surface area contributed by atoms with Gasteiger partial charge >= 0.3 is 0 Å². The van der Waals surface area contributed by atoms with E-state index >= 15 is 0 Å². The molecule has 0 saturated heterocycles. The minimum Gasteiger partial charge on any atom is -0.466 e. The molecule has 1 aromatic rings.